The number of nitrogens with zero attached hydrogens (tertiary/aromatic N) is 3. The maximum Gasteiger partial charge on any atom is 0.261 e. The molecule has 6 nitrogen and oxygen atoms in total. The predicted octanol–water partition coefficient (Wildman–Crippen LogP) is 3.81. The largest absolute Gasteiger partial charge is 0.337 e. The van der Waals surface area contributed by atoms with Gasteiger partial charge >= 0.3 is 0 Å². The van der Waals surface area contributed by atoms with Crippen LogP contribution in [0.5, 0.6) is 0 Å². The molecular weight excluding hydrogens is 414 g/mol. The highest BCUT2D eigenvalue weighted by Crippen LogP contribution is 2.30. The third kappa shape index (κ3) is 4.96. The Kier molecular flexibility index (Phi) is 6.84. The summed E-state index contributed by atoms with van der Waals surface area (Å²) in [5.74, 6) is -0.545. The van der Waals surface area contributed by atoms with Gasteiger partial charge in [-0.15, -0.1) is 0 Å². The molecule has 3 aromatic carbocycles. The highest BCUT2D eigenvalue weighted by atomic mass is 16.2. The molecule has 0 saturated heterocycles. The lowest BCUT2D eigenvalue weighted by atomic mass is 9.94. The van der Waals surface area contributed by atoms with E-state index in [1.54, 1.807) is 12.1 Å². The van der Waals surface area contributed by atoms with Crippen LogP contribution in [-0.2, 0) is 11.3 Å². The van der Waals surface area contributed by atoms with E-state index < -0.39 is 0 Å². The molecule has 0 unspecified atom stereocenters. The Bertz CT molecular complexity index is 1120. The van der Waals surface area contributed by atoms with Gasteiger partial charge in [-0.25, -0.2) is 0 Å². The quantitative estimate of drug-likeness (QED) is 0.472. The van der Waals surface area contributed by atoms with Gasteiger partial charge in [-0.3, -0.25) is 19.3 Å². The fraction of sp³-hybridized carbons (Fsp3) is 0.296. The maximum absolute atomic E-state index is 13.0. The van der Waals surface area contributed by atoms with Crippen LogP contribution in [0.25, 0.3) is 10.8 Å². The Morgan fingerprint density at radius 3 is 2.06 bits per heavy atom. The van der Waals surface area contributed by atoms with Crippen LogP contribution < -0.4 is 0 Å². The van der Waals surface area contributed by atoms with Crippen molar-refractivity contribution in [3.05, 3.63) is 83.4 Å². The standard InChI is InChI=1S/C27H29N3O3/c1-28(2)17-18-29(19-20-9-4-3-5-10-20)24(31)15-8-16-30-26(32)22-13-6-11-21-12-7-14-23(25(21)22)27(30)33/h3-7,9-14H,8,15-19H2,1-2H3. The van der Waals surface area contributed by atoms with Crippen LogP contribution in [-0.4, -0.2) is 66.2 Å². The molecule has 3 aromatic rings. The zero-order valence-electron chi connectivity index (χ0n) is 19.2. The molecule has 0 atom stereocenters. The van der Waals surface area contributed by atoms with E-state index in [1.165, 1.54) is 4.90 Å². The number of benzene rings is 3. The van der Waals surface area contributed by atoms with Gasteiger partial charge in [0.05, 0.1) is 0 Å². The summed E-state index contributed by atoms with van der Waals surface area (Å²) in [6.07, 6.45) is 0.713. The van der Waals surface area contributed by atoms with E-state index in [0.29, 0.717) is 30.6 Å². The van der Waals surface area contributed by atoms with E-state index >= 15 is 0 Å². The summed E-state index contributed by atoms with van der Waals surface area (Å²) >= 11 is 0. The summed E-state index contributed by atoms with van der Waals surface area (Å²) in [5, 5.41) is 1.61. The molecule has 0 saturated carbocycles. The Labute approximate surface area is 194 Å². The number of carbonyl (C=O) groups excluding carboxylic acids is 3. The van der Waals surface area contributed by atoms with Gasteiger partial charge < -0.3 is 9.80 Å². The Morgan fingerprint density at radius 2 is 1.45 bits per heavy atom. The van der Waals surface area contributed by atoms with E-state index in [2.05, 4.69) is 0 Å². The molecule has 0 bridgehead atoms. The van der Waals surface area contributed by atoms with E-state index in [0.717, 1.165) is 22.9 Å². The van der Waals surface area contributed by atoms with E-state index in [4.69, 9.17) is 0 Å². The third-order valence-corrected chi connectivity index (χ3v) is 6.01. The van der Waals surface area contributed by atoms with Crippen LogP contribution >= 0.6 is 0 Å². The molecule has 0 aliphatic carbocycles. The molecule has 33 heavy (non-hydrogen) atoms. The number of amides is 3. The fourth-order valence-corrected chi connectivity index (χ4v) is 4.25. The second-order valence-electron chi connectivity index (χ2n) is 8.68. The number of hydrogen-bond acceptors (Lipinski definition) is 4. The highest BCUT2D eigenvalue weighted by Gasteiger charge is 2.32. The first kappa shape index (κ1) is 22.7. The van der Waals surface area contributed by atoms with Crippen LogP contribution in [0.2, 0.25) is 0 Å². The molecular formula is C27H29N3O3. The van der Waals surface area contributed by atoms with Crippen LogP contribution in [0.4, 0.5) is 0 Å². The average molecular weight is 444 g/mol. The highest BCUT2D eigenvalue weighted by molar-refractivity contribution is 6.25. The lowest BCUT2D eigenvalue weighted by molar-refractivity contribution is -0.132. The van der Waals surface area contributed by atoms with E-state index in [-0.39, 0.29) is 30.7 Å². The summed E-state index contributed by atoms with van der Waals surface area (Å²) in [5.41, 5.74) is 2.17. The second-order valence-corrected chi connectivity index (χ2v) is 8.68. The second kappa shape index (κ2) is 9.96. The minimum absolute atomic E-state index is 0.0279. The summed E-state index contributed by atoms with van der Waals surface area (Å²) in [6.45, 7) is 2.16. The summed E-state index contributed by atoms with van der Waals surface area (Å²) in [7, 11) is 3.97. The molecule has 4 rings (SSSR count). The molecule has 0 N–H and O–H groups in total. The van der Waals surface area contributed by atoms with Gasteiger partial charge in [0, 0.05) is 49.1 Å². The van der Waals surface area contributed by atoms with Gasteiger partial charge in [-0.05, 0) is 43.6 Å². The Morgan fingerprint density at radius 1 is 0.818 bits per heavy atom. The number of rotatable bonds is 9. The van der Waals surface area contributed by atoms with Crippen LogP contribution in [0.15, 0.2) is 66.7 Å². The summed E-state index contributed by atoms with van der Waals surface area (Å²) in [6, 6.07) is 20.9. The number of carbonyl (C=O) groups is 3. The van der Waals surface area contributed by atoms with Gasteiger partial charge in [-0.2, -0.15) is 0 Å². The zero-order chi connectivity index (χ0) is 23.4. The number of likely N-dealkylation sites (N-methyl/N-ethyl adjacent to an activating group) is 1. The molecule has 3 amide bonds. The van der Waals surface area contributed by atoms with Gasteiger partial charge in [0.2, 0.25) is 5.91 Å². The van der Waals surface area contributed by atoms with Gasteiger partial charge in [0.25, 0.3) is 11.8 Å². The number of imide groups is 1. The van der Waals surface area contributed by atoms with Gasteiger partial charge in [0.15, 0.2) is 0 Å². The van der Waals surface area contributed by atoms with Crippen molar-refractivity contribution >= 4 is 28.5 Å². The molecule has 0 spiro atoms. The normalized spacial score (nSPS) is 13.1. The van der Waals surface area contributed by atoms with Crippen molar-refractivity contribution in [2.45, 2.75) is 19.4 Å². The molecule has 0 fully saturated rings. The molecule has 1 aliphatic rings. The minimum Gasteiger partial charge on any atom is -0.337 e. The fourth-order valence-electron chi connectivity index (χ4n) is 4.25. The topological polar surface area (TPSA) is 60.9 Å². The first-order valence-corrected chi connectivity index (χ1v) is 11.3. The van der Waals surface area contributed by atoms with E-state index in [1.807, 2.05) is 78.5 Å². The molecule has 1 aliphatic heterocycles. The summed E-state index contributed by atoms with van der Waals surface area (Å²) < 4.78 is 0. The zero-order valence-corrected chi connectivity index (χ0v) is 19.2. The van der Waals surface area contributed by atoms with E-state index in [9.17, 15) is 14.4 Å². The molecule has 0 aromatic heterocycles. The minimum atomic E-state index is -0.287. The Hall–Kier alpha value is -3.51. The number of hydrogen-bond donors (Lipinski definition) is 0. The first-order chi connectivity index (χ1) is 16.0. The molecule has 6 heteroatoms. The van der Waals surface area contributed by atoms with Crippen molar-refractivity contribution < 1.29 is 14.4 Å². The van der Waals surface area contributed by atoms with Crippen LogP contribution in [0.3, 0.4) is 0 Å². The van der Waals surface area contributed by atoms with Crippen molar-refractivity contribution in [2.24, 2.45) is 0 Å². The third-order valence-electron chi connectivity index (χ3n) is 6.01. The van der Waals surface area contributed by atoms with Crippen molar-refractivity contribution in [2.75, 3.05) is 33.7 Å². The van der Waals surface area contributed by atoms with Crippen LogP contribution in [0.1, 0.15) is 39.1 Å². The van der Waals surface area contributed by atoms with Crippen molar-refractivity contribution in [1.29, 1.82) is 0 Å². The molecule has 0 radical (unpaired) electrons. The van der Waals surface area contributed by atoms with Crippen molar-refractivity contribution in [3.63, 3.8) is 0 Å². The van der Waals surface area contributed by atoms with Gasteiger partial charge in [0.1, 0.15) is 0 Å². The lowest BCUT2D eigenvalue weighted by Gasteiger charge is -2.28. The summed E-state index contributed by atoms with van der Waals surface area (Å²) in [4.78, 5) is 44.3. The van der Waals surface area contributed by atoms with Crippen LogP contribution in [0, 0.1) is 0 Å². The van der Waals surface area contributed by atoms with Gasteiger partial charge in [-0.1, -0.05) is 54.6 Å². The predicted molar refractivity (Wildman–Crippen MR) is 129 cm³/mol. The Balaban J connectivity index is 1.42. The molecule has 170 valence electrons. The maximum atomic E-state index is 13.0. The van der Waals surface area contributed by atoms with Crippen molar-refractivity contribution in [3.8, 4) is 0 Å². The monoisotopic (exact) mass is 443 g/mol. The first-order valence-electron chi connectivity index (χ1n) is 11.3. The van der Waals surface area contributed by atoms with Crippen molar-refractivity contribution in [1.82, 2.24) is 14.7 Å². The molecule has 1 heterocycles. The lowest BCUT2D eigenvalue weighted by Crippen LogP contribution is -2.41. The smallest absolute Gasteiger partial charge is 0.261 e. The average Bonchev–Trinajstić information content (AvgIpc) is 2.82. The SMILES string of the molecule is CN(C)CCN(Cc1ccccc1)C(=O)CCCN1C(=O)c2cccc3cccc(c23)C1=O.